The number of aliphatic hydroxyl groups excluding tert-OH is 1. The molecule has 10 heteroatoms. The van der Waals surface area contributed by atoms with E-state index in [1.54, 1.807) is 19.1 Å². The van der Waals surface area contributed by atoms with Gasteiger partial charge in [-0.2, -0.15) is 0 Å². The van der Waals surface area contributed by atoms with E-state index in [1.807, 2.05) is 6.92 Å². The average Bonchev–Trinajstić information content (AvgIpc) is 3.28. The predicted octanol–water partition coefficient (Wildman–Crippen LogP) is 0.231. The molecule has 8 atom stereocenters. The lowest BCUT2D eigenvalue weighted by atomic mass is 9.49. The molecule has 1 amide bonds. The largest absolute Gasteiger partial charge is 0.507 e. The smallest absolute Gasteiger partial charge is 0.235 e. The fourth-order valence-corrected chi connectivity index (χ4v) is 7.90. The van der Waals surface area contributed by atoms with E-state index in [2.05, 4.69) is 0 Å². The minimum absolute atomic E-state index is 0.0399. The molecule has 0 aliphatic heterocycles. The van der Waals surface area contributed by atoms with Gasteiger partial charge in [0, 0.05) is 11.5 Å². The average molecular weight is 527 g/mol. The maximum atomic E-state index is 14.0. The fourth-order valence-electron chi connectivity index (χ4n) is 7.90. The summed E-state index contributed by atoms with van der Waals surface area (Å²) in [4.78, 5) is 68.1. The zero-order chi connectivity index (χ0) is 28.1. The first-order valence-corrected chi connectivity index (χ1v) is 13.1. The lowest BCUT2D eigenvalue weighted by molar-refractivity contribution is -0.196. The van der Waals surface area contributed by atoms with Crippen molar-refractivity contribution in [3.8, 4) is 5.75 Å². The Labute approximate surface area is 220 Å². The number of aliphatic hydroxyl groups is 2. The van der Waals surface area contributed by atoms with Crippen LogP contribution in [0.5, 0.6) is 5.75 Å². The number of phenols is 1. The van der Waals surface area contributed by atoms with Gasteiger partial charge in [-0.05, 0) is 43.8 Å². The zero-order valence-electron chi connectivity index (χ0n) is 21.9. The summed E-state index contributed by atoms with van der Waals surface area (Å²) in [5.74, 6) is -12.9. The van der Waals surface area contributed by atoms with E-state index in [1.165, 1.54) is 19.0 Å². The maximum absolute atomic E-state index is 14.0. The summed E-state index contributed by atoms with van der Waals surface area (Å²) in [5, 5.41) is 34.7. The molecule has 38 heavy (non-hydrogen) atoms. The number of Topliss-reactive ketones (excluding diaryl/α,β-unsaturated/α-hetero) is 4. The highest BCUT2D eigenvalue weighted by molar-refractivity contribution is 6.32. The molecule has 4 aliphatic carbocycles. The summed E-state index contributed by atoms with van der Waals surface area (Å²) in [6.07, 6.45) is 2.00. The van der Waals surface area contributed by atoms with Crippen molar-refractivity contribution in [2.75, 3.05) is 14.1 Å². The number of fused-ring (bicyclic) bond motifs is 3. The van der Waals surface area contributed by atoms with Crippen molar-refractivity contribution in [3.05, 3.63) is 28.8 Å². The van der Waals surface area contributed by atoms with Gasteiger partial charge in [0.25, 0.3) is 0 Å². The highest BCUT2D eigenvalue weighted by Crippen LogP contribution is 2.56. The first kappa shape index (κ1) is 26.6. The fraction of sp³-hybridized carbons (Fsp3) is 0.607. The monoisotopic (exact) mass is 526 g/mol. The molecule has 0 saturated heterocycles. The van der Waals surface area contributed by atoms with Crippen molar-refractivity contribution in [1.29, 1.82) is 0 Å². The third-order valence-corrected chi connectivity index (χ3v) is 9.85. The van der Waals surface area contributed by atoms with Gasteiger partial charge in [0.15, 0.2) is 34.7 Å². The molecule has 204 valence electrons. The van der Waals surface area contributed by atoms with Crippen LogP contribution in [0.3, 0.4) is 0 Å². The second-order valence-electron chi connectivity index (χ2n) is 12.1. The van der Waals surface area contributed by atoms with E-state index < -0.39 is 76.4 Å². The molecule has 0 aromatic heterocycles. The topological polar surface area (TPSA) is 175 Å². The molecule has 1 aromatic rings. The Morgan fingerprint density at radius 1 is 1.08 bits per heavy atom. The Morgan fingerprint density at radius 2 is 1.68 bits per heavy atom. The number of benzene rings is 1. The minimum Gasteiger partial charge on any atom is -0.507 e. The van der Waals surface area contributed by atoms with Crippen LogP contribution in [0.25, 0.3) is 0 Å². The molecule has 8 unspecified atom stereocenters. The lowest BCUT2D eigenvalue weighted by Gasteiger charge is -2.56. The number of carbonyl (C=O) groups excluding carboxylic acids is 5. The van der Waals surface area contributed by atoms with Gasteiger partial charge in [-0.15, -0.1) is 0 Å². The molecule has 1 aromatic carbocycles. The van der Waals surface area contributed by atoms with E-state index in [9.17, 15) is 39.3 Å². The van der Waals surface area contributed by atoms with Crippen molar-refractivity contribution in [1.82, 2.24) is 4.90 Å². The summed E-state index contributed by atoms with van der Waals surface area (Å²) in [6, 6.07) is 2.16. The second kappa shape index (κ2) is 8.53. The van der Waals surface area contributed by atoms with Crippen molar-refractivity contribution >= 4 is 29.0 Å². The molecule has 3 fully saturated rings. The van der Waals surface area contributed by atoms with Gasteiger partial charge in [-0.25, -0.2) is 0 Å². The highest BCUT2D eigenvalue weighted by atomic mass is 16.3. The summed E-state index contributed by atoms with van der Waals surface area (Å²) in [7, 11) is 2.93. The number of hydrogen-bond donors (Lipinski definition) is 4. The number of primary amides is 1. The molecule has 5 N–H and O–H groups in total. The molecular weight excluding hydrogens is 492 g/mol. The number of rotatable bonds is 3. The summed E-state index contributed by atoms with van der Waals surface area (Å²) in [6.45, 7) is 3.73. The minimum atomic E-state index is -2.99. The van der Waals surface area contributed by atoms with E-state index in [-0.39, 0.29) is 16.7 Å². The molecular formula is C28H34N2O8. The molecule has 0 heterocycles. The Hall–Kier alpha value is -2.95. The summed E-state index contributed by atoms with van der Waals surface area (Å²) >= 11 is 0. The Bertz CT molecular complexity index is 1280. The van der Waals surface area contributed by atoms with Crippen LogP contribution in [-0.4, -0.2) is 81.1 Å². The van der Waals surface area contributed by atoms with Crippen LogP contribution in [0.1, 0.15) is 66.9 Å². The van der Waals surface area contributed by atoms with Crippen molar-refractivity contribution in [2.45, 2.75) is 68.6 Å². The van der Waals surface area contributed by atoms with Gasteiger partial charge < -0.3 is 21.1 Å². The van der Waals surface area contributed by atoms with Crippen LogP contribution in [-0.2, 0) is 24.6 Å². The number of amides is 1. The SMILES string of the molecule is CC1c2ccc(C3(C)CCCC3)c(O)c2C(=O)C2C(=O)C3(O)C(=O)C(C(N)=O)C(=O)C(N(C)C)C3C(O)C21. The van der Waals surface area contributed by atoms with Gasteiger partial charge >= 0.3 is 0 Å². The van der Waals surface area contributed by atoms with Crippen LogP contribution in [0.15, 0.2) is 12.1 Å². The highest BCUT2D eigenvalue weighted by Gasteiger charge is 2.73. The third-order valence-electron chi connectivity index (χ3n) is 9.85. The van der Waals surface area contributed by atoms with E-state index in [0.29, 0.717) is 11.1 Å². The summed E-state index contributed by atoms with van der Waals surface area (Å²) in [5.41, 5.74) is 3.04. The molecule has 0 bridgehead atoms. The van der Waals surface area contributed by atoms with Crippen LogP contribution in [0.4, 0.5) is 0 Å². The van der Waals surface area contributed by atoms with E-state index >= 15 is 0 Å². The van der Waals surface area contributed by atoms with Crippen molar-refractivity contribution < 1.29 is 39.3 Å². The Balaban J connectivity index is 1.69. The summed E-state index contributed by atoms with van der Waals surface area (Å²) < 4.78 is 0. The van der Waals surface area contributed by atoms with Crippen LogP contribution < -0.4 is 5.73 Å². The maximum Gasteiger partial charge on any atom is 0.235 e. The Kier molecular flexibility index (Phi) is 5.98. The number of phenolic OH excluding ortho intramolecular Hbond substituents is 1. The number of ketones is 4. The van der Waals surface area contributed by atoms with Gasteiger partial charge in [-0.1, -0.05) is 38.8 Å². The van der Waals surface area contributed by atoms with Crippen LogP contribution in [0.2, 0.25) is 0 Å². The second-order valence-corrected chi connectivity index (χ2v) is 12.1. The number of nitrogens with zero attached hydrogens (tertiary/aromatic N) is 1. The van der Waals surface area contributed by atoms with Crippen LogP contribution >= 0.6 is 0 Å². The first-order valence-electron chi connectivity index (χ1n) is 13.1. The van der Waals surface area contributed by atoms with Crippen LogP contribution in [0, 0.1) is 23.7 Å². The molecule has 10 nitrogen and oxygen atoms in total. The van der Waals surface area contributed by atoms with Gasteiger partial charge in [0.1, 0.15) is 5.75 Å². The Morgan fingerprint density at radius 3 is 2.24 bits per heavy atom. The first-order chi connectivity index (χ1) is 17.7. The number of likely N-dealkylation sites (N-methyl/N-ethyl adjacent to an activating group) is 1. The normalized spacial score (nSPS) is 38.1. The molecule has 0 radical (unpaired) electrons. The van der Waals surface area contributed by atoms with Crippen molar-refractivity contribution in [2.24, 2.45) is 29.4 Å². The predicted molar refractivity (Wildman–Crippen MR) is 133 cm³/mol. The van der Waals surface area contributed by atoms with Gasteiger partial charge in [-0.3, -0.25) is 28.9 Å². The number of nitrogens with two attached hydrogens (primary N) is 1. The zero-order valence-corrected chi connectivity index (χ0v) is 21.9. The van der Waals surface area contributed by atoms with E-state index in [4.69, 9.17) is 5.73 Å². The number of hydrogen-bond acceptors (Lipinski definition) is 9. The van der Waals surface area contributed by atoms with Gasteiger partial charge in [0.2, 0.25) is 5.91 Å². The molecule has 4 aliphatic rings. The molecule has 5 rings (SSSR count). The quantitative estimate of drug-likeness (QED) is 0.402. The van der Waals surface area contributed by atoms with Crippen molar-refractivity contribution in [3.63, 3.8) is 0 Å². The lowest BCUT2D eigenvalue weighted by Crippen LogP contribution is -2.77. The standard InChI is InChI=1S/C28H34N2O8/c1-11-12-7-8-13(27(2)9-5-6-10-27)20(31)15(12)21(32)16-14(11)22(33)18-19(30(3)4)23(34)17(26(29)37)25(36)28(18,38)24(16)35/h7-8,11,14,16-19,22,31,33,38H,5-6,9-10H2,1-4H3,(H2,29,37). The third kappa shape index (κ3) is 3.20. The van der Waals surface area contributed by atoms with E-state index in [0.717, 1.165) is 25.7 Å². The molecule has 3 saturated carbocycles. The van der Waals surface area contributed by atoms with Gasteiger partial charge in [0.05, 0.1) is 29.5 Å². The number of aromatic hydroxyl groups is 1. The molecule has 0 spiro atoms. The number of carbonyl (C=O) groups is 5.